The molecule has 0 bridgehead atoms. The van der Waals surface area contributed by atoms with Crippen LogP contribution in [0.25, 0.3) is 0 Å². The molecule has 0 saturated heterocycles. The molecule has 1 aromatic rings. The van der Waals surface area contributed by atoms with E-state index in [1.807, 2.05) is 0 Å². The van der Waals surface area contributed by atoms with Crippen LogP contribution in [-0.4, -0.2) is 0 Å². The Balaban J connectivity index is 3.29. The maximum atomic E-state index is 3.85. The first kappa shape index (κ1) is 13.8. The average Bonchev–Trinajstić information content (AvgIpc) is 2.38. The summed E-state index contributed by atoms with van der Waals surface area (Å²) in [5.74, 6) is 0. The van der Waals surface area contributed by atoms with Crippen molar-refractivity contribution in [3.63, 3.8) is 0 Å². The fourth-order valence-corrected chi connectivity index (χ4v) is 2.79. The summed E-state index contributed by atoms with van der Waals surface area (Å²) in [6, 6.07) is 10.8. The molecule has 92 valence electrons. The lowest BCUT2D eigenvalue weighted by Crippen LogP contribution is -2.27. The van der Waals surface area contributed by atoms with Crippen LogP contribution >= 0.6 is 0 Å². The van der Waals surface area contributed by atoms with Crippen molar-refractivity contribution >= 4 is 0 Å². The molecule has 0 amide bonds. The van der Waals surface area contributed by atoms with Crippen molar-refractivity contribution in [2.45, 2.75) is 51.9 Å². The molecule has 0 N–H and O–H groups in total. The van der Waals surface area contributed by atoms with Crippen molar-refractivity contribution in [3.05, 3.63) is 53.8 Å². The van der Waals surface area contributed by atoms with Gasteiger partial charge in [0, 0.05) is 5.41 Å². The average molecular weight is 228 g/mol. The van der Waals surface area contributed by atoms with Crippen LogP contribution in [0.2, 0.25) is 0 Å². The lowest BCUT2D eigenvalue weighted by molar-refractivity contribution is 0.417. The van der Waals surface area contributed by atoms with Crippen molar-refractivity contribution in [1.82, 2.24) is 0 Å². The third kappa shape index (κ3) is 2.90. The van der Waals surface area contributed by atoms with Crippen LogP contribution in [0.5, 0.6) is 0 Å². The molecule has 0 aliphatic rings. The highest BCUT2D eigenvalue weighted by Gasteiger charge is 2.31. The van der Waals surface area contributed by atoms with Gasteiger partial charge in [0.05, 0.1) is 0 Å². The van der Waals surface area contributed by atoms with Crippen LogP contribution in [-0.2, 0) is 5.41 Å². The van der Waals surface area contributed by atoms with Gasteiger partial charge in [0.15, 0.2) is 0 Å². The molecule has 0 aliphatic carbocycles. The zero-order chi connectivity index (χ0) is 12.7. The predicted octanol–water partition coefficient (Wildman–Crippen LogP) is 5.26. The molecule has 0 saturated carbocycles. The summed E-state index contributed by atoms with van der Waals surface area (Å²) in [5.41, 5.74) is 5.98. The maximum absolute atomic E-state index is 3.85. The molecule has 0 unspecified atom stereocenters. The Morgan fingerprint density at radius 1 is 1.12 bits per heavy atom. The first-order valence-corrected chi connectivity index (χ1v) is 6.64. The molecule has 1 rings (SSSR count). The summed E-state index contributed by atoms with van der Waals surface area (Å²) < 4.78 is 0. The molecular weight excluding hydrogens is 204 g/mol. The van der Waals surface area contributed by atoms with Crippen molar-refractivity contribution < 1.29 is 0 Å². The molecule has 0 aromatic heterocycles. The Hall–Kier alpha value is -1.26. The number of rotatable bonds is 6. The Labute approximate surface area is 106 Å². The minimum atomic E-state index is 0.145. The van der Waals surface area contributed by atoms with Gasteiger partial charge in [-0.25, -0.2) is 0 Å². The molecule has 0 spiro atoms. The first-order valence-electron chi connectivity index (χ1n) is 6.64. The van der Waals surface area contributed by atoms with E-state index in [1.165, 1.54) is 36.8 Å². The lowest BCUT2D eigenvalue weighted by atomic mass is 9.69. The van der Waals surface area contributed by atoms with E-state index >= 15 is 0 Å². The van der Waals surface area contributed by atoms with Gasteiger partial charge >= 0.3 is 0 Å². The Bertz CT molecular complexity index is 374. The monoisotopic (exact) mass is 228 g/mol. The Kier molecular flexibility index (Phi) is 5.25. The standard InChI is InChI=1S/C17H24/c1-5-13-17(14-6-2,15(4)7-3)16-11-9-8-10-12-16/h8-12H,3,5-6,13-14H2,1-2,4H3. The second-order valence-corrected chi connectivity index (χ2v) is 4.75. The van der Waals surface area contributed by atoms with E-state index in [1.54, 1.807) is 0 Å². The van der Waals surface area contributed by atoms with E-state index in [4.69, 9.17) is 0 Å². The van der Waals surface area contributed by atoms with Crippen molar-refractivity contribution in [3.8, 4) is 0 Å². The fraction of sp³-hybridized carbons (Fsp3) is 0.471. The van der Waals surface area contributed by atoms with E-state index in [9.17, 15) is 0 Å². The fourth-order valence-electron chi connectivity index (χ4n) is 2.79. The summed E-state index contributed by atoms with van der Waals surface area (Å²) in [6.45, 7) is 10.5. The molecule has 0 atom stereocenters. The van der Waals surface area contributed by atoms with Crippen LogP contribution in [0.1, 0.15) is 52.0 Å². The summed E-state index contributed by atoms with van der Waals surface area (Å²) in [7, 11) is 0. The van der Waals surface area contributed by atoms with E-state index in [0.29, 0.717) is 0 Å². The largest absolute Gasteiger partial charge is 0.129 e. The summed E-state index contributed by atoms with van der Waals surface area (Å²) >= 11 is 0. The molecule has 0 heterocycles. The highest BCUT2D eigenvalue weighted by atomic mass is 14.3. The van der Waals surface area contributed by atoms with E-state index < -0.39 is 0 Å². The van der Waals surface area contributed by atoms with Gasteiger partial charge in [-0.15, -0.1) is 5.73 Å². The molecule has 0 aliphatic heterocycles. The maximum Gasteiger partial charge on any atom is 0.0234 e. The number of allylic oxidation sites excluding steroid dienone is 1. The van der Waals surface area contributed by atoms with Gasteiger partial charge in [-0.3, -0.25) is 0 Å². The topological polar surface area (TPSA) is 0 Å². The second-order valence-electron chi connectivity index (χ2n) is 4.75. The van der Waals surface area contributed by atoms with Crippen LogP contribution in [0.3, 0.4) is 0 Å². The first-order chi connectivity index (χ1) is 8.21. The smallest absolute Gasteiger partial charge is 0.0234 e. The third-order valence-corrected chi connectivity index (χ3v) is 3.66. The van der Waals surface area contributed by atoms with E-state index in [-0.39, 0.29) is 5.41 Å². The van der Waals surface area contributed by atoms with Crippen molar-refractivity contribution in [2.75, 3.05) is 0 Å². The molecule has 0 nitrogen and oxygen atoms in total. The van der Waals surface area contributed by atoms with Crippen LogP contribution in [0.4, 0.5) is 0 Å². The van der Waals surface area contributed by atoms with Crippen LogP contribution in [0, 0.1) is 0 Å². The SMILES string of the molecule is C=C=C(C)C(CCC)(CCC)c1ccccc1. The minimum Gasteiger partial charge on any atom is -0.129 e. The third-order valence-electron chi connectivity index (χ3n) is 3.66. The van der Waals surface area contributed by atoms with Crippen LogP contribution < -0.4 is 0 Å². The summed E-state index contributed by atoms with van der Waals surface area (Å²) in [4.78, 5) is 0. The molecule has 17 heavy (non-hydrogen) atoms. The van der Waals surface area contributed by atoms with Gasteiger partial charge in [-0.1, -0.05) is 63.6 Å². The highest BCUT2D eigenvalue weighted by Crippen LogP contribution is 2.40. The predicted molar refractivity (Wildman–Crippen MR) is 76.3 cm³/mol. The molecule has 0 heteroatoms. The molecule has 1 aromatic carbocycles. The van der Waals surface area contributed by atoms with Gasteiger partial charge in [-0.05, 0) is 30.9 Å². The van der Waals surface area contributed by atoms with Crippen molar-refractivity contribution in [1.29, 1.82) is 0 Å². The number of benzene rings is 1. The highest BCUT2D eigenvalue weighted by molar-refractivity contribution is 5.35. The quantitative estimate of drug-likeness (QED) is 0.583. The van der Waals surface area contributed by atoms with E-state index in [0.717, 1.165) is 0 Å². The summed E-state index contributed by atoms with van der Waals surface area (Å²) in [5, 5.41) is 0. The van der Waals surface area contributed by atoms with Gasteiger partial charge in [0.1, 0.15) is 0 Å². The number of hydrogen-bond donors (Lipinski definition) is 0. The van der Waals surface area contributed by atoms with Crippen LogP contribution in [0.15, 0.2) is 48.2 Å². The molecular formula is C17H24. The molecule has 0 fully saturated rings. The Morgan fingerprint density at radius 2 is 1.65 bits per heavy atom. The number of hydrogen-bond acceptors (Lipinski definition) is 0. The minimum absolute atomic E-state index is 0.145. The van der Waals surface area contributed by atoms with Gasteiger partial charge in [0.2, 0.25) is 0 Å². The molecule has 0 radical (unpaired) electrons. The van der Waals surface area contributed by atoms with Gasteiger partial charge < -0.3 is 0 Å². The van der Waals surface area contributed by atoms with E-state index in [2.05, 4.69) is 63.4 Å². The zero-order valence-corrected chi connectivity index (χ0v) is 11.4. The lowest BCUT2D eigenvalue weighted by Gasteiger charge is -2.34. The zero-order valence-electron chi connectivity index (χ0n) is 11.4. The van der Waals surface area contributed by atoms with Crippen molar-refractivity contribution in [2.24, 2.45) is 0 Å². The Morgan fingerprint density at radius 3 is 2.06 bits per heavy atom. The second kappa shape index (κ2) is 6.47. The normalized spacial score (nSPS) is 11.0. The summed E-state index contributed by atoms with van der Waals surface area (Å²) in [6.07, 6.45) is 4.74. The van der Waals surface area contributed by atoms with Gasteiger partial charge in [-0.2, -0.15) is 0 Å². The van der Waals surface area contributed by atoms with Gasteiger partial charge in [0.25, 0.3) is 0 Å².